The Kier molecular flexibility index (Phi) is 3.72. The van der Waals surface area contributed by atoms with Crippen LogP contribution in [0.15, 0.2) is 42.5 Å². The summed E-state index contributed by atoms with van der Waals surface area (Å²) in [6.45, 7) is 6.64. The fourth-order valence-electron chi connectivity index (χ4n) is 2.74. The van der Waals surface area contributed by atoms with E-state index < -0.39 is 0 Å². The first-order valence-electron chi connectivity index (χ1n) is 7.48. The van der Waals surface area contributed by atoms with Crippen molar-refractivity contribution < 1.29 is 4.79 Å². The minimum absolute atomic E-state index is 0.0605. The van der Waals surface area contributed by atoms with Crippen LogP contribution in [0.1, 0.15) is 32.7 Å². The summed E-state index contributed by atoms with van der Waals surface area (Å²) < 4.78 is 0. The van der Waals surface area contributed by atoms with Crippen molar-refractivity contribution in [2.75, 3.05) is 0 Å². The average molecular weight is 292 g/mol. The van der Waals surface area contributed by atoms with Crippen molar-refractivity contribution in [1.82, 2.24) is 10.3 Å². The summed E-state index contributed by atoms with van der Waals surface area (Å²) in [5.74, 6) is -0.0605. The van der Waals surface area contributed by atoms with Gasteiger partial charge in [-0.1, -0.05) is 35.9 Å². The number of benzene rings is 2. The van der Waals surface area contributed by atoms with Crippen LogP contribution in [0.5, 0.6) is 0 Å². The van der Waals surface area contributed by atoms with Gasteiger partial charge in [-0.3, -0.25) is 4.79 Å². The minimum atomic E-state index is -0.0605. The Morgan fingerprint density at radius 2 is 1.86 bits per heavy atom. The molecule has 0 saturated carbocycles. The van der Waals surface area contributed by atoms with E-state index in [9.17, 15) is 4.79 Å². The first-order valence-corrected chi connectivity index (χ1v) is 7.48. The van der Waals surface area contributed by atoms with Crippen LogP contribution in [0.25, 0.3) is 10.9 Å². The van der Waals surface area contributed by atoms with E-state index in [2.05, 4.69) is 36.3 Å². The number of hydrogen-bond acceptors (Lipinski definition) is 1. The van der Waals surface area contributed by atoms with Crippen LogP contribution in [0.3, 0.4) is 0 Å². The molecule has 3 aromatic rings. The Hall–Kier alpha value is -2.55. The summed E-state index contributed by atoms with van der Waals surface area (Å²) in [5.41, 5.74) is 6.17. The third-order valence-corrected chi connectivity index (χ3v) is 4.14. The molecule has 1 aromatic heterocycles. The number of carbonyl (C=O) groups excluding carboxylic acids is 1. The van der Waals surface area contributed by atoms with Crippen molar-refractivity contribution in [3.63, 3.8) is 0 Å². The van der Waals surface area contributed by atoms with Gasteiger partial charge in [0, 0.05) is 17.4 Å². The standard InChI is InChI=1S/C19H20N2O/c1-12-8-9-17-16(10-12)14(3)18(21-17)19(22)20-11-15-7-5-4-6-13(15)2/h4-10,21H,11H2,1-3H3,(H,20,22). The van der Waals surface area contributed by atoms with Gasteiger partial charge in [0.25, 0.3) is 5.91 Å². The fraction of sp³-hybridized carbons (Fsp3) is 0.211. The lowest BCUT2D eigenvalue weighted by Crippen LogP contribution is -2.24. The van der Waals surface area contributed by atoms with Gasteiger partial charge in [0.2, 0.25) is 0 Å². The van der Waals surface area contributed by atoms with Crippen LogP contribution in [0.4, 0.5) is 0 Å². The molecule has 0 aliphatic carbocycles. The summed E-state index contributed by atoms with van der Waals surface area (Å²) in [6.07, 6.45) is 0. The average Bonchev–Trinajstić information content (AvgIpc) is 2.83. The highest BCUT2D eigenvalue weighted by Crippen LogP contribution is 2.22. The van der Waals surface area contributed by atoms with E-state index in [4.69, 9.17) is 0 Å². The second kappa shape index (κ2) is 5.68. The molecule has 3 rings (SSSR count). The lowest BCUT2D eigenvalue weighted by atomic mass is 10.1. The van der Waals surface area contributed by atoms with Gasteiger partial charge >= 0.3 is 0 Å². The third kappa shape index (κ3) is 2.62. The number of carbonyl (C=O) groups is 1. The first-order chi connectivity index (χ1) is 10.6. The monoisotopic (exact) mass is 292 g/mol. The molecule has 3 nitrogen and oxygen atoms in total. The van der Waals surface area contributed by atoms with Crippen molar-refractivity contribution in [1.29, 1.82) is 0 Å². The largest absolute Gasteiger partial charge is 0.350 e. The van der Waals surface area contributed by atoms with Crippen LogP contribution in [0.2, 0.25) is 0 Å². The first kappa shape index (κ1) is 14.4. The van der Waals surface area contributed by atoms with Gasteiger partial charge in [-0.25, -0.2) is 0 Å². The maximum Gasteiger partial charge on any atom is 0.268 e. The molecular weight excluding hydrogens is 272 g/mol. The summed E-state index contributed by atoms with van der Waals surface area (Å²) in [4.78, 5) is 15.7. The Balaban J connectivity index is 1.83. The maximum absolute atomic E-state index is 12.5. The zero-order valence-corrected chi connectivity index (χ0v) is 13.2. The zero-order chi connectivity index (χ0) is 15.7. The van der Waals surface area contributed by atoms with E-state index >= 15 is 0 Å². The molecule has 112 valence electrons. The summed E-state index contributed by atoms with van der Waals surface area (Å²) in [5, 5.41) is 4.11. The highest BCUT2D eigenvalue weighted by molar-refractivity contribution is 6.01. The Labute approximate surface area is 130 Å². The second-order valence-electron chi connectivity index (χ2n) is 5.78. The van der Waals surface area contributed by atoms with Crippen molar-refractivity contribution in [2.24, 2.45) is 0 Å². The molecule has 0 spiro atoms. The molecule has 0 radical (unpaired) electrons. The van der Waals surface area contributed by atoms with Gasteiger partial charge in [-0.2, -0.15) is 0 Å². The minimum Gasteiger partial charge on any atom is -0.350 e. The van der Waals surface area contributed by atoms with E-state index in [-0.39, 0.29) is 5.91 Å². The number of aromatic nitrogens is 1. The lowest BCUT2D eigenvalue weighted by Gasteiger charge is -2.07. The predicted octanol–water partition coefficient (Wildman–Crippen LogP) is 4.02. The van der Waals surface area contributed by atoms with Gasteiger partial charge < -0.3 is 10.3 Å². The van der Waals surface area contributed by atoms with Crippen LogP contribution >= 0.6 is 0 Å². The number of rotatable bonds is 3. The van der Waals surface area contributed by atoms with Gasteiger partial charge in [0.1, 0.15) is 5.69 Å². The van der Waals surface area contributed by atoms with E-state index in [1.807, 2.05) is 37.3 Å². The predicted molar refractivity (Wildman–Crippen MR) is 90.1 cm³/mol. The van der Waals surface area contributed by atoms with Crippen LogP contribution in [-0.4, -0.2) is 10.9 Å². The van der Waals surface area contributed by atoms with E-state index in [1.54, 1.807) is 0 Å². The molecule has 0 unspecified atom stereocenters. The summed E-state index contributed by atoms with van der Waals surface area (Å²) >= 11 is 0. The van der Waals surface area contributed by atoms with Crippen LogP contribution in [0, 0.1) is 20.8 Å². The third-order valence-electron chi connectivity index (χ3n) is 4.14. The number of H-pyrrole nitrogens is 1. The van der Waals surface area contributed by atoms with E-state index in [1.165, 1.54) is 11.1 Å². The smallest absolute Gasteiger partial charge is 0.268 e. The quantitative estimate of drug-likeness (QED) is 0.752. The molecule has 2 N–H and O–H groups in total. The van der Waals surface area contributed by atoms with Crippen molar-refractivity contribution >= 4 is 16.8 Å². The molecule has 1 amide bonds. The number of aryl methyl sites for hydroxylation is 3. The SMILES string of the molecule is Cc1ccc2[nH]c(C(=O)NCc3ccccc3C)c(C)c2c1. The Bertz CT molecular complexity index is 846. The maximum atomic E-state index is 12.5. The zero-order valence-electron chi connectivity index (χ0n) is 13.2. The summed E-state index contributed by atoms with van der Waals surface area (Å²) in [6, 6.07) is 14.3. The fourth-order valence-corrected chi connectivity index (χ4v) is 2.74. The van der Waals surface area contributed by atoms with Gasteiger partial charge in [0.05, 0.1) is 0 Å². The highest BCUT2D eigenvalue weighted by Gasteiger charge is 2.14. The lowest BCUT2D eigenvalue weighted by molar-refractivity contribution is 0.0946. The van der Waals surface area contributed by atoms with Crippen molar-refractivity contribution in [3.8, 4) is 0 Å². The number of amides is 1. The van der Waals surface area contributed by atoms with E-state index in [0.29, 0.717) is 12.2 Å². The molecular formula is C19H20N2O. The topological polar surface area (TPSA) is 44.9 Å². The molecule has 2 aromatic carbocycles. The molecule has 0 aliphatic rings. The van der Waals surface area contributed by atoms with Crippen molar-refractivity contribution in [3.05, 3.63) is 70.4 Å². The Morgan fingerprint density at radius 3 is 2.64 bits per heavy atom. The highest BCUT2D eigenvalue weighted by atomic mass is 16.1. The molecule has 0 aliphatic heterocycles. The number of hydrogen-bond donors (Lipinski definition) is 2. The van der Waals surface area contributed by atoms with Gasteiger partial charge in [-0.05, 0) is 49.6 Å². The number of fused-ring (bicyclic) bond motifs is 1. The normalized spacial score (nSPS) is 10.9. The Morgan fingerprint density at radius 1 is 1.09 bits per heavy atom. The van der Waals surface area contributed by atoms with Crippen LogP contribution in [-0.2, 0) is 6.54 Å². The number of aromatic amines is 1. The molecule has 1 heterocycles. The van der Waals surface area contributed by atoms with Gasteiger partial charge in [0.15, 0.2) is 0 Å². The van der Waals surface area contributed by atoms with Crippen LogP contribution < -0.4 is 5.32 Å². The molecule has 3 heteroatoms. The number of nitrogens with one attached hydrogen (secondary N) is 2. The molecule has 0 fully saturated rings. The molecule has 0 atom stereocenters. The molecule has 0 bridgehead atoms. The second-order valence-corrected chi connectivity index (χ2v) is 5.78. The van der Waals surface area contributed by atoms with Gasteiger partial charge in [-0.15, -0.1) is 0 Å². The molecule has 0 saturated heterocycles. The summed E-state index contributed by atoms with van der Waals surface area (Å²) in [7, 11) is 0. The van der Waals surface area contributed by atoms with E-state index in [0.717, 1.165) is 22.0 Å². The molecule has 22 heavy (non-hydrogen) atoms. The van der Waals surface area contributed by atoms with Crippen molar-refractivity contribution in [2.45, 2.75) is 27.3 Å².